The predicted molar refractivity (Wildman–Crippen MR) is 62.6 cm³/mol. The van der Waals surface area contributed by atoms with Gasteiger partial charge in [-0.25, -0.2) is 0 Å². The Hall–Kier alpha value is -1.65. The Labute approximate surface area is 101 Å². The number of primary amides is 1. The van der Waals surface area contributed by atoms with E-state index in [4.69, 9.17) is 5.73 Å². The second-order valence-electron chi connectivity index (χ2n) is 4.61. The van der Waals surface area contributed by atoms with Crippen LogP contribution in [0.3, 0.4) is 0 Å². The molecular weight excluding hydrogens is 220 g/mol. The zero-order valence-electron chi connectivity index (χ0n) is 10.2. The van der Waals surface area contributed by atoms with E-state index in [0.29, 0.717) is 13.0 Å². The average Bonchev–Trinajstić information content (AvgIpc) is 2.57. The van der Waals surface area contributed by atoms with Gasteiger partial charge in [-0.2, -0.15) is 0 Å². The minimum Gasteiger partial charge on any atom is -0.369 e. The quantitative estimate of drug-likeness (QED) is 0.682. The van der Waals surface area contributed by atoms with Gasteiger partial charge in [0.2, 0.25) is 5.91 Å². The molecule has 0 fully saturated rings. The van der Waals surface area contributed by atoms with Crippen molar-refractivity contribution in [3.63, 3.8) is 0 Å². The van der Waals surface area contributed by atoms with Gasteiger partial charge in [-0.1, -0.05) is 13.8 Å². The van der Waals surface area contributed by atoms with Gasteiger partial charge in [0.15, 0.2) is 0 Å². The number of nitrogens with two attached hydrogens (primary N) is 1. The molecule has 0 aromatic heterocycles. The molecule has 0 radical (unpaired) electrons. The van der Waals surface area contributed by atoms with Crippen LogP contribution in [0.4, 0.5) is 0 Å². The summed E-state index contributed by atoms with van der Waals surface area (Å²) in [7, 11) is 0. The molecule has 1 aliphatic rings. The number of nitrogens with zero attached hydrogens (tertiary/aromatic N) is 1. The molecule has 5 nitrogen and oxygen atoms in total. The van der Waals surface area contributed by atoms with Gasteiger partial charge >= 0.3 is 0 Å². The fraction of sp³-hybridized carbons (Fsp3) is 0.583. The molecule has 2 atom stereocenters. The summed E-state index contributed by atoms with van der Waals surface area (Å²) < 4.78 is 0. The molecule has 5 heteroatoms. The van der Waals surface area contributed by atoms with Crippen molar-refractivity contribution in [3.8, 4) is 0 Å². The fourth-order valence-electron chi connectivity index (χ4n) is 1.69. The molecule has 1 rings (SSSR count). The Kier molecular flexibility index (Phi) is 4.43. The number of amides is 3. The van der Waals surface area contributed by atoms with Crippen LogP contribution >= 0.6 is 0 Å². The van der Waals surface area contributed by atoms with Gasteiger partial charge in [-0.3, -0.25) is 19.3 Å². The van der Waals surface area contributed by atoms with Gasteiger partial charge in [0, 0.05) is 24.6 Å². The Morgan fingerprint density at radius 3 is 2.24 bits per heavy atom. The molecule has 2 N–H and O–H groups in total. The van der Waals surface area contributed by atoms with Crippen LogP contribution in [0.5, 0.6) is 0 Å². The highest BCUT2D eigenvalue weighted by molar-refractivity contribution is 6.12. The number of hydrogen-bond acceptors (Lipinski definition) is 3. The zero-order chi connectivity index (χ0) is 13.0. The van der Waals surface area contributed by atoms with Crippen LogP contribution in [0.2, 0.25) is 0 Å². The largest absolute Gasteiger partial charge is 0.369 e. The summed E-state index contributed by atoms with van der Waals surface area (Å²) >= 11 is 0. The van der Waals surface area contributed by atoms with E-state index in [1.54, 1.807) is 6.92 Å². The van der Waals surface area contributed by atoms with E-state index in [1.807, 2.05) is 6.92 Å². The van der Waals surface area contributed by atoms with E-state index in [0.717, 1.165) is 6.42 Å². The Morgan fingerprint density at radius 1 is 1.24 bits per heavy atom. The minimum absolute atomic E-state index is 0.166. The third kappa shape index (κ3) is 3.69. The molecule has 0 bridgehead atoms. The lowest BCUT2D eigenvalue weighted by atomic mass is 9.97. The first-order valence-corrected chi connectivity index (χ1v) is 5.74. The van der Waals surface area contributed by atoms with E-state index in [9.17, 15) is 14.4 Å². The summed E-state index contributed by atoms with van der Waals surface area (Å²) in [6.07, 6.45) is 4.00. The summed E-state index contributed by atoms with van der Waals surface area (Å²) in [5.41, 5.74) is 5.16. The smallest absolute Gasteiger partial charge is 0.253 e. The molecule has 0 saturated carbocycles. The van der Waals surface area contributed by atoms with Crippen LogP contribution in [0.15, 0.2) is 12.2 Å². The maximum absolute atomic E-state index is 11.3. The third-order valence-electron chi connectivity index (χ3n) is 2.97. The number of carbonyl (C=O) groups excluding carboxylic acids is 3. The molecule has 2 unspecified atom stereocenters. The number of imide groups is 1. The maximum Gasteiger partial charge on any atom is 0.253 e. The highest BCUT2D eigenvalue weighted by Crippen LogP contribution is 2.15. The predicted octanol–water partition coefficient (Wildman–Crippen LogP) is 0.449. The Balaban J connectivity index is 2.35. The molecule has 0 spiro atoms. The first kappa shape index (κ1) is 13.4. The zero-order valence-corrected chi connectivity index (χ0v) is 10.2. The molecule has 1 heterocycles. The van der Waals surface area contributed by atoms with Crippen molar-refractivity contribution in [2.24, 2.45) is 17.6 Å². The topological polar surface area (TPSA) is 80.5 Å². The SMILES string of the molecule is CC(CCC(C)C(N)=O)CN1C(=O)C=CC1=O. The molecular formula is C12H18N2O3. The molecule has 1 aliphatic heterocycles. The summed E-state index contributed by atoms with van der Waals surface area (Å²) in [5, 5.41) is 0. The van der Waals surface area contributed by atoms with E-state index in [1.165, 1.54) is 17.1 Å². The van der Waals surface area contributed by atoms with Crippen LogP contribution in [-0.4, -0.2) is 29.2 Å². The Bertz CT molecular complexity index is 345. The van der Waals surface area contributed by atoms with Gasteiger partial charge < -0.3 is 5.73 Å². The first-order chi connectivity index (χ1) is 7.91. The van der Waals surface area contributed by atoms with Crippen molar-refractivity contribution >= 4 is 17.7 Å². The van der Waals surface area contributed by atoms with Gasteiger partial charge in [0.1, 0.15) is 0 Å². The molecule has 0 aromatic rings. The van der Waals surface area contributed by atoms with Crippen LogP contribution in [-0.2, 0) is 14.4 Å². The van der Waals surface area contributed by atoms with Crippen molar-refractivity contribution in [3.05, 3.63) is 12.2 Å². The van der Waals surface area contributed by atoms with Gasteiger partial charge in [0.25, 0.3) is 11.8 Å². The summed E-state index contributed by atoms with van der Waals surface area (Å²) in [5.74, 6) is -0.827. The van der Waals surface area contributed by atoms with Crippen molar-refractivity contribution in [1.29, 1.82) is 0 Å². The second-order valence-corrected chi connectivity index (χ2v) is 4.61. The van der Waals surface area contributed by atoms with Crippen molar-refractivity contribution < 1.29 is 14.4 Å². The summed E-state index contributed by atoms with van der Waals surface area (Å²) in [4.78, 5) is 34.7. The number of hydrogen-bond donors (Lipinski definition) is 1. The maximum atomic E-state index is 11.3. The van der Waals surface area contributed by atoms with E-state index < -0.39 is 0 Å². The van der Waals surface area contributed by atoms with Crippen LogP contribution in [0.25, 0.3) is 0 Å². The van der Waals surface area contributed by atoms with E-state index >= 15 is 0 Å². The lowest BCUT2D eigenvalue weighted by Gasteiger charge is -2.19. The normalized spacial score (nSPS) is 18.6. The third-order valence-corrected chi connectivity index (χ3v) is 2.97. The minimum atomic E-state index is -0.313. The van der Waals surface area contributed by atoms with Crippen LogP contribution in [0.1, 0.15) is 26.7 Å². The van der Waals surface area contributed by atoms with Crippen molar-refractivity contribution in [2.75, 3.05) is 6.54 Å². The summed E-state index contributed by atoms with van der Waals surface area (Å²) in [6.45, 7) is 4.13. The fourth-order valence-corrected chi connectivity index (χ4v) is 1.69. The van der Waals surface area contributed by atoms with Crippen molar-refractivity contribution in [2.45, 2.75) is 26.7 Å². The van der Waals surface area contributed by atoms with Crippen LogP contribution < -0.4 is 5.73 Å². The number of rotatable bonds is 6. The Morgan fingerprint density at radius 2 is 1.76 bits per heavy atom. The van der Waals surface area contributed by atoms with Crippen molar-refractivity contribution in [1.82, 2.24) is 4.90 Å². The monoisotopic (exact) mass is 238 g/mol. The van der Waals surface area contributed by atoms with E-state index in [2.05, 4.69) is 0 Å². The van der Waals surface area contributed by atoms with Gasteiger partial charge in [0.05, 0.1) is 0 Å². The van der Waals surface area contributed by atoms with E-state index in [-0.39, 0.29) is 29.6 Å². The van der Waals surface area contributed by atoms with Gasteiger partial charge in [-0.15, -0.1) is 0 Å². The molecule has 17 heavy (non-hydrogen) atoms. The molecule has 0 aliphatic carbocycles. The first-order valence-electron chi connectivity index (χ1n) is 5.74. The van der Waals surface area contributed by atoms with Crippen LogP contribution in [0, 0.1) is 11.8 Å². The second kappa shape index (κ2) is 5.61. The number of carbonyl (C=O) groups is 3. The highest BCUT2D eigenvalue weighted by Gasteiger charge is 2.25. The average molecular weight is 238 g/mol. The lowest BCUT2D eigenvalue weighted by molar-refractivity contribution is -0.137. The molecule has 94 valence electrons. The molecule has 0 aromatic carbocycles. The standard InChI is InChI=1S/C12H18N2O3/c1-8(3-4-9(2)12(13)17)7-14-10(15)5-6-11(14)16/h5-6,8-9H,3-4,7H2,1-2H3,(H2,13,17). The molecule has 3 amide bonds. The molecule has 0 saturated heterocycles. The lowest BCUT2D eigenvalue weighted by Crippen LogP contribution is -2.34. The summed E-state index contributed by atoms with van der Waals surface area (Å²) in [6, 6.07) is 0. The van der Waals surface area contributed by atoms with Gasteiger partial charge in [-0.05, 0) is 18.8 Å². The highest BCUT2D eigenvalue weighted by atomic mass is 16.2.